The monoisotopic (exact) mass is 222 g/mol. The number of aliphatic carboxylic acids is 2. The van der Waals surface area contributed by atoms with Crippen molar-refractivity contribution < 1.29 is 54.4 Å². The molecule has 0 spiro atoms. The van der Waals surface area contributed by atoms with Crippen molar-refractivity contribution in [1.82, 2.24) is 6.15 Å². The number of carboxylic acid groups (broad SMARTS) is 2. The Morgan fingerprint density at radius 2 is 1.21 bits per heavy atom. The minimum absolute atomic E-state index is 0. The summed E-state index contributed by atoms with van der Waals surface area (Å²) in [5.41, 5.74) is 0. The van der Waals surface area contributed by atoms with Gasteiger partial charge in [0, 0.05) is 12.9 Å². The van der Waals surface area contributed by atoms with Gasteiger partial charge in [-0.25, -0.2) is 0 Å². The summed E-state index contributed by atoms with van der Waals surface area (Å²) in [6.07, 6.45) is 0. The molecule has 0 heterocycles. The fraction of sp³-hybridized carbons (Fsp3) is 0.500. The average molecular weight is 222 g/mol. The second-order valence-corrected chi connectivity index (χ2v) is 1.23. The summed E-state index contributed by atoms with van der Waals surface area (Å²) in [7, 11) is 0. The third kappa shape index (κ3) is 1400. The van der Waals surface area contributed by atoms with Crippen LogP contribution in [0.5, 0.6) is 0 Å². The molecule has 0 saturated carbocycles. The van der Waals surface area contributed by atoms with Crippen molar-refractivity contribution in [3.8, 4) is 0 Å². The summed E-state index contributed by atoms with van der Waals surface area (Å²) >= 11 is 0. The summed E-state index contributed by atoms with van der Waals surface area (Å²) in [6, 6.07) is 0. The third-order valence-corrected chi connectivity index (χ3v) is 0. The molecule has 0 amide bonds. The molecule has 0 saturated heterocycles. The van der Waals surface area contributed by atoms with Crippen molar-refractivity contribution >= 4 is 11.9 Å². The molecule has 0 aliphatic carbocycles. The maximum Gasteiger partial charge on any atom is 1.00 e. The molecule has 0 radical (unpaired) electrons. The SMILES string of the molecule is CC(=O)O.CC(=O)[O-].O=[N+]([O-])[O-].[NH4+].[Na+]. The van der Waals surface area contributed by atoms with Gasteiger partial charge in [-0.15, -0.1) is 0 Å². The van der Waals surface area contributed by atoms with E-state index >= 15 is 0 Å². The molecule has 80 valence electrons. The second kappa shape index (κ2) is 22.7. The summed E-state index contributed by atoms with van der Waals surface area (Å²) in [5.74, 6) is -1.92. The summed E-state index contributed by atoms with van der Waals surface area (Å²) < 4.78 is 0. The molecule has 0 fully saturated rings. The van der Waals surface area contributed by atoms with E-state index in [4.69, 9.17) is 35.1 Å². The Balaban J connectivity index is -0.0000000270. The predicted molar refractivity (Wildman–Crippen MR) is 40.3 cm³/mol. The largest absolute Gasteiger partial charge is 1.00 e. The first-order chi connectivity index (χ1) is 5.20. The van der Waals surface area contributed by atoms with E-state index in [0.29, 0.717) is 0 Å². The minimum Gasteiger partial charge on any atom is -0.550 e. The van der Waals surface area contributed by atoms with E-state index in [1.165, 1.54) is 0 Å². The fourth-order valence-electron chi connectivity index (χ4n) is 0. The predicted octanol–water partition coefficient (Wildman–Crippen LogP) is -4.01. The van der Waals surface area contributed by atoms with Crippen LogP contribution in [0.3, 0.4) is 0 Å². The van der Waals surface area contributed by atoms with Gasteiger partial charge in [0.2, 0.25) is 0 Å². The fourth-order valence-corrected chi connectivity index (χ4v) is 0. The summed E-state index contributed by atoms with van der Waals surface area (Å²) in [6.45, 7) is 2.06. The van der Waals surface area contributed by atoms with Crippen LogP contribution < -0.4 is 40.8 Å². The Morgan fingerprint density at radius 3 is 1.21 bits per heavy atom. The standard InChI is InChI=1S/2C2H4O2.NO3.H3N.Na/c2*1-2(3)4;2-1(3)4;;/h2*1H3,(H,3,4);;1H3;/q;;-1;;+1. The Labute approximate surface area is 102 Å². The molecular weight excluding hydrogens is 211 g/mol. The van der Waals surface area contributed by atoms with E-state index < -0.39 is 17.0 Å². The second-order valence-electron chi connectivity index (χ2n) is 1.23. The van der Waals surface area contributed by atoms with E-state index in [9.17, 15) is 0 Å². The van der Waals surface area contributed by atoms with Crippen LogP contribution in [-0.2, 0) is 9.59 Å². The number of carbonyl (C=O) groups excluding carboxylic acids is 1. The summed E-state index contributed by atoms with van der Waals surface area (Å²) in [5, 5.41) is 31.1. The maximum atomic E-state index is 9.00. The molecule has 0 aliphatic rings. The molecule has 14 heavy (non-hydrogen) atoms. The zero-order chi connectivity index (χ0) is 10.7. The Bertz CT molecular complexity index is 121. The number of hydrogen-bond donors (Lipinski definition) is 2. The van der Waals surface area contributed by atoms with Crippen LogP contribution >= 0.6 is 0 Å². The normalized spacial score (nSPS) is 5.29. The molecule has 0 aromatic rings. The van der Waals surface area contributed by atoms with Gasteiger partial charge in [-0.1, -0.05) is 0 Å². The molecular formula is C4H11N2NaO7. The van der Waals surface area contributed by atoms with Crippen LogP contribution in [0, 0.1) is 15.3 Å². The van der Waals surface area contributed by atoms with E-state index in [1.807, 2.05) is 0 Å². The smallest absolute Gasteiger partial charge is 0.550 e. The molecule has 0 bridgehead atoms. The molecule has 5 N–H and O–H groups in total. The van der Waals surface area contributed by atoms with Gasteiger partial charge in [0.15, 0.2) is 0 Å². The summed E-state index contributed by atoms with van der Waals surface area (Å²) in [4.78, 5) is 26.1. The topological polar surface area (TPSA) is 180 Å². The van der Waals surface area contributed by atoms with Crippen LogP contribution in [0.25, 0.3) is 0 Å². The molecule has 0 aromatic heterocycles. The molecule has 0 aliphatic heterocycles. The zero-order valence-corrected chi connectivity index (χ0v) is 10.3. The van der Waals surface area contributed by atoms with Crippen LogP contribution in [0.1, 0.15) is 13.8 Å². The van der Waals surface area contributed by atoms with Crippen molar-refractivity contribution in [1.29, 1.82) is 0 Å². The Kier molecular flexibility index (Phi) is 47.4. The van der Waals surface area contributed by atoms with Gasteiger partial charge in [-0.3, -0.25) is 4.79 Å². The first-order valence-corrected chi connectivity index (χ1v) is 2.38. The molecule has 0 unspecified atom stereocenters. The van der Waals surface area contributed by atoms with E-state index in [0.717, 1.165) is 13.8 Å². The van der Waals surface area contributed by atoms with E-state index in [2.05, 4.69) is 0 Å². The number of rotatable bonds is 0. The molecule has 10 heteroatoms. The van der Waals surface area contributed by atoms with Crippen molar-refractivity contribution in [3.05, 3.63) is 15.3 Å². The van der Waals surface area contributed by atoms with Crippen molar-refractivity contribution in [2.45, 2.75) is 13.8 Å². The van der Waals surface area contributed by atoms with Crippen LogP contribution in [0.15, 0.2) is 0 Å². The van der Waals surface area contributed by atoms with Crippen LogP contribution in [0.4, 0.5) is 0 Å². The first kappa shape index (κ1) is 29.2. The van der Waals surface area contributed by atoms with Crippen molar-refractivity contribution in [3.63, 3.8) is 0 Å². The van der Waals surface area contributed by atoms with Crippen LogP contribution in [0.2, 0.25) is 0 Å². The zero-order valence-electron chi connectivity index (χ0n) is 8.34. The average Bonchev–Trinajstić information content (AvgIpc) is 1.54. The van der Waals surface area contributed by atoms with E-state index in [-0.39, 0.29) is 35.7 Å². The molecule has 0 aromatic carbocycles. The quantitative estimate of drug-likeness (QED) is 0.237. The third-order valence-electron chi connectivity index (χ3n) is 0. The Hall–Kier alpha value is -0.900. The van der Waals surface area contributed by atoms with Gasteiger partial charge in [-0.05, 0) is 6.92 Å². The first-order valence-electron chi connectivity index (χ1n) is 2.38. The number of carboxylic acids is 2. The van der Waals surface area contributed by atoms with Gasteiger partial charge < -0.3 is 36.5 Å². The molecule has 9 nitrogen and oxygen atoms in total. The van der Waals surface area contributed by atoms with Gasteiger partial charge in [0.25, 0.3) is 5.97 Å². The number of quaternary nitrogens is 1. The van der Waals surface area contributed by atoms with Gasteiger partial charge in [-0.2, -0.15) is 0 Å². The number of carbonyl (C=O) groups is 2. The number of nitrogens with zero attached hydrogens (tertiary/aromatic N) is 1. The molecule has 0 rings (SSSR count). The maximum absolute atomic E-state index is 9.00. The van der Waals surface area contributed by atoms with Crippen molar-refractivity contribution in [2.75, 3.05) is 0 Å². The Morgan fingerprint density at radius 1 is 1.21 bits per heavy atom. The van der Waals surface area contributed by atoms with Gasteiger partial charge in [0.1, 0.15) is 0 Å². The van der Waals surface area contributed by atoms with Gasteiger partial charge in [0.05, 0.1) is 5.09 Å². The van der Waals surface area contributed by atoms with Crippen molar-refractivity contribution in [2.24, 2.45) is 0 Å². The molecule has 0 atom stereocenters. The van der Waals surface area contributed by atoms with Crippen LogP contribution in [-0.4, -0.2) is 22.1 Å². The minimum atomic E-state index is -1.75. The van der Waals surface area contributed by atoms with E-state index in [1.54, 1.807) is 0 Å². The van der Waals surface area contributed by atoms with Gasteiger partial charge >= 0.3 is 29.6 Å². The number of hydrogen-bond acceptors (Lipinski definition) is 6.